The molecule has 3 heterocycles. The minimum absolute atomic E-state index is 0.355. The minimum Gasteiger partial charge on any atom is -0.465 e. The number of methoxy groups -OCH3 is 1. The van der Waals surface area contributed by atoms with Crippen molar-refractivity contribution >= 4 is 34.8 Å². The Hall–Kier alpha value is -4.44. The summed E-state index contributed by atoms with van der Waals surface area (Å²) in [6, 6.07) is 13.6. The number of aromatic nitrogens is 3. The van der Waals surface area contributed by atoms with E-state index in [4.69, 9.17) is 14.5 Å². The van der Waals surface area contributed by atoms with E-state index >= 15 is 0 Å². The summed E-state index contributed by atoms with van der Waals surface area (Å²) in [6.07, 6.45) is 3.82. The third kappa shape index (κ3) is 4.84. The number of nitrogens with one attached hydrogen (secondary N) is 2. The SMILES string of the molecule is COC(=O)c1cccc(NC(=O)Nc2ccc(-c3cn4c(C)cnc4c(N4CCOCC4)n3)cc2)c1. The number of rotatable bonds is 5. The highest BCUT2D eigenvalue weighted by molar-refractivity contribution is 6.00. The first kappa shape index (κ1) is 23.3. The normalized spacial score (nSPS) is 13.4. The summed E-state index contributed by atoms with van der Waals surface area (Å²) in [5.74, 6) is 0.365. The van der Waals surface area contributed by atoms with E-state index in [0.717, 1.165) is 41.5 Å². The predicted molar refractivity (Wildman–Crippen MR) is 137 cm³/mol. The van der Waals surface area contributed by atoms with E-state index in [1.807, 2.05) is 43.6 Å². The van der Waals surface area contributed by atoms with Crippen LogP contribution in [0.5, 0.6) is 0 Å². The Morgan fingerprint density at radius 1 is 1.03 bits per heavy atom. The van der Waals surface area contributed by atoms with Crippen molar-refractivity contribution in [1.29, 1.82) is 0 Å². The molecule has 10 heteroatoms. The summed E-state index contributed by atoms with van der Waals surface area (Å²) in [6.45, 7) is 4.86. The second-order valence-electron chi connectivity index (χ2n) is 8.37. The summed E-state index contributed by atoms with van der Waals surface area (Å²) in [5, 5.41) is 5.53. The molecular weight excluding hydrogens is 460 g/mol. The van der Waals surface area contributed by atoms with Crippen molar-refractivity contribution in [3.63, 3.8) is 0 Å². The molecule has 0 atom stereocenters. The molecule has 184 valence electrons. The average Bonchev–Trinajstić information content (AvgIpc) is 3.29. The number of amides is 2. The van der Waals surface area contributed by atoms with Gasteiger partial charge in [-0.2, -0.15) is 0 Å². The molecule has 0 aliphatic carbocycles. The number of hydrogen-bond acceptors (Lipinski definition) is 7. The molecule has 2 aromatic carbocycles. The fourth-order valence-electron chi connectivity index (χ4n) is 4.08. The number of benzene rings is 2. The maximum Gasteiger partial charge on any atom is 0.337 e. The minimum atomic E-state index is -0.468. The first-order chi connectivity index (χ1) is 17.5. The van der Waals surface area contributed by atoms with E-state index in [0.29, 0.717) is 30.2 Å². The lowest BCUT2D eigenvalue weighted by molar-refractivity contribution is 0.0600. The van der Waals surface area contributed by atoms with Crippen LogP contribution >= 0.6 is 0 Å². The van der Waals surface area contributed by atoms with Gasteiger partial charge in [0, 0.05) is 48.1 Å². The van der Waals surface area contributed by atoms with Crippen molar-refractivity contribution in [2.75, 3.05) is 48.9 Å². The fraction of sp³-hybridized carbons (Fsp3) is 0.231. The predicted octanol–water partition coefficient (Wildman–Crippen LogP) is 3.97. The molecular formula is C26H26N6O4. The molecule has 0 bridgehead atoms. The van der Waals surface area contributed by atoms with Gasteiger partial charge in [0.1, 0.15) is 0 Å². The van der Waals surface area contributed by atoms with Gasteiger partial charge in [-0.05, 0) is 37.3 Å². The number of ether oxygens (including phenoxy) is 2. The Morgan fingerprint density at radius 2 is 1.78 bits per heavy atom. The van der Waals surface area contributed by atoms with Gasteiger partial charge in [-0.1, -0.05) is 18.2 Å². The van der Waals surface area contributed by atoms with Gasteiger partial charge in [-0.25, -0.2) is 19.6 Å². The van der Waals surface area contributed by atoms with Crippen molar-refractivity contribution in [2.45, 2.75) is 6.92 Å². The molecule has 5 rings (SSSR count). The molecule has 2 amide bonds. The summed E-state index contributed by atoms with van der Waals surface area (Å²) in [4.78, 5) is 35.9. The van der Waals surface area contributed by atoms with Crippen LogP contribution in [0.15, 0.2) is 60.9 Å². The first-order valence-electron chi connectivity index (χ1n) is 11.6. The molecule has 0 spiro atoms. The Labute approximate surface area is 207 Å². The van der Waals surface area contributed by atoms with E-state index in [-0.39, 0.29) is 0 Å². The van der Waals surface area contributed by atoms with Gasteiger partial charge in [-0.15, -0.1) is 0 Å². The molecule has 2 N–H and O–H groups in total. The number of aryl methyl sites for hydroxylation is 1. The van der Waals surface area contributed by atoms with Gasteiger partial charge in [0.05, 0.1) is 31.6 Å². The summed E-state index contributed by atoms with van der Waals surface area (Å²) >= 11 is 0. The average molecular weight is 487 g/mol. The highest BCUT2D eigenvalue weighted by Gasteiger charge is 2.19. The molecule has 2 aromatic heterocycles. The zero-order valence-electron chi connectivity index (χ0n) is 20.0. The lowest BCUT2D eigenvalue weighted by Crippen LogP contribution is -2.37. The van der Waals surface area contributed by atoms with Crippen LogP contribution in [0.2, 0.25) is 0 Å². The Kier molecular flexibility index (Phi) is 6.50. The van der Waals surface area contributed by atoms with Crippen LogP contribution in [0.3, 0.4) is 0 Å². The number of hydrogen-bond donors (Lipinski definition) is 2. The Balaban J connectivity index is 1.33. The van der Waals surface area contributed by atoms with Crippen LogP contribution in [-0.4, -0.2) is 59.8 Å². The van der Waals surface area contributed by atoms with Crippen molar-refractivity contribution in [3.8, 4) is 11.3 Å². The zero-order valence-corrected chi connectivity index (χ0v) is 20.0. The second-order valence-corrected chi connectivity index (χ2v) is 8.37. The van der Waals surface area contributed by atoms with Crippen LogP contribution in [0.25, 0.3) is 16.9 Å². The van der Waals surface area contributed by atoms with Crippen molar-refractivity contribution in [2.24, 2.45) is 0 Å². The van der Waals surface area contributed by atoms with Gasteiger partial charge >= 0.3 is 12.0 Å². The summed E-state index contributed by atoms with van der Waals surface area (Å²) in [5.41, 5.74) is 5.02. The van der Waals surface area contributed by atoms with Crippen LogP contribution in [0, 0.1) is 6.92 Å². The Bertz CT molecular complexity index is 1410. The molecule has 0 radical (unpaired) electrons. The molecule has 10 nitrogen and oxygen atoms in total. The van der Waals surface area contributed by atoms with Gasteiger partial charge in [0.15, 0.2) is 11.5 Å². The number of carbonyl (C=O) groups excluding carboxylic acids is 2. The van der Waals surface area contributed by atoms with E-state index in [2.05, 4.69) is 24.9 Å². The van der Waals surface area contributed by atoms with E-state index < -0.39 is 12.0 Å². The van der Waals surface area contributed by atoms with Crippen LogP contribution < -0.4 is 15.5 Å². The molecule has 4 aromatic rings. The van der Waals surface area contributed by atoms with Crippen LogP contribution in [0.4, 0.5) is 22.0 Å². The number of anilines is 3. The lowest BCUT2D eigenvalue weighted by Gasteiger charge is -2.28. The van der Waals surface area contributed by atoms with E-state index in [1.54, 1.807) is 24.3 Å². The topological polar surface area (TPSA) is 110 Å². The van der Waals surface area contributed by atoms with Gasteiger partial charge < -0.3 is 25.0 Å². The molecule has 1 saturated heterocycles. The molecule has 0 saturated carbocycles. The largest absolute Gasteiger partial charge is 0.465 e. The number of esters is 1. The van der Waals surface area contributed by atoms with Crippen LogP contribution in [0.1, 0.15) is 16.1 Å². The molecule has 36 heavy (non-hydrogen) atoms. The lowest BCUT2D eigenvalue weighted by atomic mass is 10.1. The maximum absolute atomic E-state index is 12.5. The number of fused-ring (bicyclic) bond motifs is 1. The number of morpholine rings is 1. The fourth-order valence-corrected chi connectivity index (χ4v) is 4.08. The molecule has 1 aliphatic rings. The summed E-state index contributed by atoms with van der Waals surface area (Å²) < 4.78 is 12.3. The summed E-state index contributed by atoms with van der Waals surface area (Å²) in [7, 11) is 1.31. The van der Waals surface area contributed by atoms with Crippen LogP contribution in [-0.2, 0) is 9.47 Å². The highest BCUT2D eigenvalue weighted by atomic mass is 16.5. The quantitative estimate of drug-likeness (QED) is 0.411. The number of carbonyl (C=O) groups is 2. The van der Waals surface area contributed by atoms with Crippen molar-refractivity contribution in [3.05, 3.63) is 72.2 Å². The first-order valence-corrected chi connectivity index (χ1v) is 11.6. The number of imidazole rings is 1. The Morgan fingerprint density at radius 3 is 2.53 bits per heavy atom. The third-order valence-corrected chi connectivity index (χ3v) is 5.95. The van der Waals surface area contributed by atoms with E-state index in [1.165, 1.54) is 7.11 Å². The highest BCUT2D eigenvalue weighted by Crippen LogP contribution is 2.27. The van der Waals surface area contributed by atoms with Crippen molar-refractivity contribution < 1.29 is 19.1 Å². The monoisotopic (exact) mass is 486 g/mol. The second kappa shape index (κ2) is 10.0. The van der Waals surface area contributed by atoms with E-state index in [9.17, 15) is 9.59 Å². The third-order valence-electron chi connectivity index (χ3n) is 5.95. The molecule has 1 aliphatic heterocycles. The molecule has 1 fully saturated rings. The van der Waals surface area contributed by atoms with Gasteiger partial charge in [0.2, 0.25) is 0 Å². The number of urea groups is 1. The molecule has 0 unspecified atom stereocenters. The standard InChI is InChI=1S/C26H26N6O4/c1-17-15-27-23-24(31-10-12-36-13-11-31)30-22(16-32(17)23)18-6-8-20(9-7-18)28-26(34)29-21-5-3-4-19(14-21)25(33)35-2/h3-9,14-16H,10-13H2,1-2H3,(H2,28,29,34). The zero-order chi connectivity index (χ0) is 25.1. The maximum atomic E-state index is 12.5. The van der Waals surface area contributed by atoms with Gasteiger partial charge in [-0.3, -0.25) is 4.40 Å². The number of nitrogens with zero attached hydrogens (tertiary/aromatic N) is 4. The smallest absolute Gasteiger partial charge is 0.337 e. The van der Waals surface area contributed by atoms with Gasteiger partial charge in [0.25, 0.3) is 0 Å². The van der Waals surface area contributed by atoms with Crippen molar-refractivity contribution in [1.82, 2.24) is 14.4 Å².